The number of hydrogen-bond acceptors (Lipinski definition) is 5. The van der Waals surface area contributed by atoms with Crippen LogP contribution in [0.2, 0.25) is 0 Å². The second kappa shape index (κ2) is 14.7. The maximum atomic E-state index is 14.0. The van der Waals surface area contributed by atoms with Gasteiger partial charge in [0.1, 0.15) is 12.6 Å². The second-order valence-electron chi connectivity index (χ2n) is 9.49. The van der Waals surface area contributed by atoms with Crippen molar-refractivity contribution in [3.05, 3.63) is 88.4 Å². The molecule has 3 rings (SSSR count). The van der Waals surface area contributed by atoms with E-state index in [-0.39, 0.29) is 17.3 Å². The van der Waals surface area contributed by atoms with Crippen molar-refractivity contribution in [1.29, 1.82) is 0 Å². The Morgan fingerprint density at radius 2 is 1.70 bits per heavy atom. The first-order valence-corrected chi connectivity index (χ1v) is 16.6. The summed E-state index contributed by atoms with van der Waals surface area (Å²) in [6.07, 6.45) is 3.67. The summed E-state index contributed by atoms with van der Waals surface area (Å²) < 4.78 is 29.8. The average Bonchev–Trinajstić information content (AvgIpc) is 2.94. The van der Waals surface area contributed by atoms with Gasteiger partial charge in [0.15, 0.2) is 0 Å². The van der Waals surface area contributed by atoms with E-state index in [1.165, 1.54) is 16.7 Å². The van der Waals surface area contributed by atoms with Crippen molar-refractivity contribution < 1.29 is 18.0 Å². The first-order valence-electron chi connectivity index (χ1n) is 13.1. The maximum absolute atomic E-state index is 14.0. The molecule has 40 heavy (non-hydrogen) atoms. The number of hydrogen-bond donors (Lipinski definition) is 1. The number of halogens is 1. The molecule has 0 fully saturated rings. The zero-order chi connectivity index (χ0) is 29.3. The van der Waals surface area contributed by atoms with Crippen molar-refractivity contribution >= 4 is 55.2 Å². The van der Waals surface area contributed by atoms with Gasteiger partial charge in [0, 0.05) is 22.5 Å². The number of benzene rings is 3. The number of rotatable bonds is 13. The molecule has 7 nitrogen and oxygen atoms in total. The molecule has 0 bridgehead atoms. The zero-order valence-electron chi connectivity index (χ0n) is 23.3. The Bertz CT molecular complexity index is 1400. The van der Waals surface area contributed by atoms with Gasteiger partial charge in [-0.2, -0.15) is 0 Å². The number of nitrogens with one attached hydrogen (secondary N) is 1. The summed E-state index contributed by atoms with van der Waals surface area (Å²) in [6, 6.07) is 20.3. The minimum absolute atomic E-state index is 0.0857. The number of thioether (sulfide) groups is 1. The number of unbranched alkanes of at least 4 members (excludes halogenated alkanes) is 1. The van der Waals surface area contributed by atoms with Gasteiger partial charge < -0.3 is 10.2 Å². The third kappa shape index (κ3) is 8.34. The quantitative estimate of drug-likeness (QED) is 0.182. The molecule has 1 N–H and O–H groups in total. The highest BCUT2D eigenvalue weighted by Gasteiger charge is 2.32. The van der Waals surface area contributed by atoms with Gasteiger partial charge in [-0.1, -0.05) is 59.1 Å². The van der Waals surface area contributed by atoms with Crippen LogP contribution in [0, 0.1) is 6.92 Å². The first kappa shape index (κ1) is 31.7. The zero-order valence-corrected chi connectivity index (χ0v) is 26.5. The van der Waals surface area contributed by atoms with Gasteiger partial charge in [-0.05, 0) is 80.6 Å². The summed E-state index contributed by atoms with van der Waals surface area (Å²) >= 11 is 4.98. The fourth-order valence-electron chi connectivity index (χ4n) is 4.07. The van der Waals surface area contributed by atoms with Crippen LogP contribution in [0.5, 0.6) is 0 Å². The predicted octanol–water partition coefficient (Wildman–Crippen LogP) is 6.01. The molecule has 0 saturated heterocycles. The number of aryl methyl sites for hydroxylation is 1. The SMILES string of the molecule is CCCCNC(=O)C(C)N(Cc1cccc(Br)c1)C(=O)CN(c1ccc(C)cc1)S(=O)(=O)c1ccc(SC)cc1. The molecule has 0 radical (unpaired) electrons. The Morgan fingerprint density at radius 1 is 1.02 bits per heavy atom. The molecule has 0 aliphatic rings. The van der Waals surface area contributed by atoms with E-state index in [4.69, 9.17) is 0 Å². The average molecular weight is 647 g/mol. The van der Waals surface area contributed by atoms with Gasteiger partial charge in [-0.25, -0.2) is 8.42 Å². The molecule has 0 spiro atoms. The van der Waals surface area contributed by atoms with Crippen LogP contribution in [0.15, 0.2) is 87.1 Å². The van der Waals surface area contributed by atoms with E-state index in [0.717, 1.165) is 37.6 Å². The maximum Gasteiger partial charge on any atom is 0.264 e. The van der Waals surface area contributed by atoms with E-state index in [1.54, 1.807) is 43.3 Å². The lowest BCUT2D eigenvalue weighted by Crippen LogP contribution is -2.51. The van der Waals surface area contributed by atoms with Gasteiger partial charge in [-0.3, -0.25) is 13.9 Å². The lowest BCUT2D eigenvalue weighted by atomic mass is 10.1. The van der Waals surface area contributed by atoms with Crippen LogP contribution < -0.4 is 9.62 Å². The molecule has 0 aliphatic heterocycles. The highest BCUT2D eigenvalue weighted by molar-refractivity contribution is 9.10. The summed E-state index contributed by atoms with van der Waals surface area (Å²) in [5.74, 6) is -0.766. The molecule has 0 heterocycles. The summed E-state index contributed by atoms with van der Waals surface area (Å²) in [6.45, 7) is 5.81. The molecule has 0 aromatic heterocycles. The van der Waals surface area contributed by atoms with Gasteiger partial charge in [-0.15, -0.1) is 11.8 Å². The van der Waals surface area contributed by atoms with Gasteiger partial charge >= 0.3 is 0 Å². The van der Waals surface area contributed by atoms with Crippen LogP contribution in [-0.2, 0) is 26.2 Å². The Balaban J connectivity index is 2.00. The minimum Gasteiger partial charge on any atom is -0.354 e. The molecule has 0 saturated carbocycles. The second-order valence-corrected chi connectivity index (χ2v) is 13.2. The number of carbonyl (C=O) groups is 2. The van der Waals surface area contributed by atoms with Crippen molar-refractivity contribution in [1.82, 2.24) is 10.2 Å². The predicted molar refractivity (Wildman–Crippen MR) is 166 cm³/mol. The van der Waals surface area contributed by atoms with E-state index in [2.05, 4.69) is 21.2 Å². The molecular formula is C30H36BrN3O4S2. The van der Waals surface area contributed by atoms with Crippen molar-refractivity contribution in [2.75, 3.05) is 23.7 Å². The summed E-state index contributed by atoms with van der Waals surface area (Å²) in [5, 5.41) is 2.90. The molecule has 0 aliphatic carbocycles. The fraction of sp³-hybridized carbons (Fsp3) is 0.333. The number of anilines is 1. The number of sulfonamides is 1. The molecule has 3 aromatic carbocycles. The van der Waals surface area contributed by atoms with Gasteiger partial charge in [0.05, 0.1) is 10.6 Å². The highest BCUT2D eigenvalue weighted by atomic mass is 79.9. The smallest absolute Gasteiger partial charge is 0.264 e. The largest absolute Gasteiger partial charge is 0.354 e. The molecular weight excluding hydrogens is 610 g/mol. The third-order valence-corrected chi connectivity index (χ3v) is 9.51. The number of nitrogens with zero attached hydrogens (tertiary/aromatic N) is 2. The van der Waals surface area contributed by atoms with Crippen LogP contribution in [0.3, 0.4) is 0 Å². The van der Waals surface area contributed by atoms with Gasteiger partial charge in [0.25, 0.3) is 10.0 Å². The monoisotopic (exact) mass is 645 g/mol. The van der Waals surface area contributed by atoms with Crippen LogP contribution in [0.1, 0.15) is 37.8 Å². The normalized spacial score (nSPS) is 12.0. The van der Waals surface area contributed by atoms with Gasteiger partial charge in [0.2, 0.25) is 11.8 Å². The van der Waals surface area contributed by atoms with E-state index < -0.39 is 28.5 Å². The van der Waals surface area contributed by atoms with E-state index in [0.29, 0.717) is 12.2 Å². The lowest BCUT2D eigenvalue weighted by molar-refractivity contribution is -0.139. The van der Waals surface area contributed by atoms with Crippen molar-refractivity contribution in [3.8, 4) is 0 Å². The van der Waals surface area contributed by atoms with Crippen molar-refractivity contribution in [2.24, 2.45) is 0 Å². The lowest BCUT2D eigenvalue weighted by Gasteiger charge is -2.32. The summed E-state index contributed by atoms with van der Waals surface area (Å²) in [7, 11) is -4.10. The van der Waals surface area contributed by atoms with Crippen molar-refractivity contribution in [2.45, 2.75) is 56.0 Å². The highest BCUT2D eigenvalue weighted by Crippen LogP contribution is 2.26. The molecule has 3 aromatic rings. The standard InChI is InChI=1S/C30H36BrN3O4S2/c1-5-6-18-32-30(36)23(3)33(20-24-8-7-9-25(31)19-24)29(35)21-34(26-12-10-22(2)11-13-26)40(37,38)28-16-14-27(39-4)15-17-28/h7-17,19,23H,5-6,18,20-21H2,1-4H3,(H,32,36). The van der Waals surface area contributed by atoms with Crippen molar-refractivity contribution in [3.63, 3.8) is 0 Å². The summed E-state index contributed by atoms with van der Waals surface area (Å²) in [4.78, 5) is 29.5. The summed E-state index contributed by atoms with van der Waals surface area (Å²) in [5.41, 5.74) is 2.15. The van der Waals surface area contributed by atoms with Crippen LogP contribution in [0.25, 0.3) is 0 Å². The molecule has 214 valence electrons. The first-order chi connectivity index (χ1) is 19.1. The topological polar surface area (TPSA) is 86.8 Å². The number of carbonyl (C=O) groups excluding carboxylic acids is 2. The Hall–Kier alpha value is -2.82. The minimum atomic E-state index is -4.10. The Morgan fingerprint density at radius 3 is 2.30 bits per heavy atom. The van der Waals surface area contributed by atoms with Crippen LogP contribution in [-0.4, -0.2) is 50.5 Å². The molecule has 1 unspecified atom stereocenters. The number of amides is 2. The third-order valence-electron chi connectivity index (χ3n) is 6.49. The Labute approximate surface area is 250 Å². The fourth-order valence-corrected chi connectivity index (χ4v) is 6.33. The van der Waals surface area contributed by atoms with E-state index in [9.17, 15) is 18.0 Å². The molecule has 1 atom stereocenters. The Kier molecular flexibility index (Phi) is 11.7. The molecule has 10 heteroatoms. The van der Waals surface area contributed by atoms with Crippen LogP contribution >= 0.6 is 27.7 Å². The van der Waals surface area contributed by atoms with Crippen LogP contribution in [0.4, 0.5) is 5.69 Å². The van der Waals surface area contributed by atoms with E-state index in [1.807, 2.05) is 56.5 Å². The van der Waals surface area contributed by atoms with E-state index >= 15 is 0 Å². The molecule has 2 amide bonds.